The molecule has 1 aromatic rings. The first kappa shape index (κ1) is 24.3. The summed E-state index contributed by atoms with van der Waals surface area (Å²) in [6.45, 7) is 18.5. The van der Waals surface area contributed by atoms with Crippen LogP contribution in [0.2, 0.25) is 37.8 Å². The number of hydrogen-bond donors (Lipinski definition) is 0. The zero-order valence-corrected chi connectivity index (χ0v) is 21.8. The summed E-state index contributed by atoms with van der Waals surface area (Å²) in [6.07, 6.45) is -1.26. The van der Waals surface area contributed by atoms with E-state index >= 15 is 0 Å². The van der Waals surface area contributed by atoms with Crippen LogP contribution in [0.5, 0.6) is 0 Å². The Morgan fingerprint density at radius 3 is 2.00 bits per heavy atom. The van der Waals surface area contributed by atoms with Crippen LogP contribution in [-0.2, 0) is 23.7 Å². The molecule has 0 spiro atoms. The minimum atomic E-state index is -3.97. The number of benzene rings is 1. The molecule has 0 radical (unpaired) electrons. The van der Waals surface area contributed by atoms with E-state index in [1.54, 1.807) is 18.2 Å². The molecule has 1 aliphatic heterocycles. The Morgan fingerprint density at radius 1 is 1.03 bits per heavy atom. The Kier molecular flexibility index (Phi) is 6.63. The monoisotopic (exact) mass is 457 g/mol. The highest BCUT2D eigenvalue weighted by Gasteiger charge is 2.59. The average Bonchev–Trinajstić information content (AvgIpc) is 2.52. The zero-order chi connectivity index (χ0) is 22.4. The van der Waals surface area contributed by atoms with Crippen LogP contribution in [0.15, 0.2) is 35.2 Å². The van der Waals surface area contributed by atoms with Crippen molar-refractivity contribution >= 4 is 32.6 Å². The lowest BCUT2D eigenvalue weighted by Gasteiger charge is -2.51. The van der Waals surface area contributed by atoms with Gasteiger partial charge in [0, 0.05) is 0 Å². The molecule has 1 fully saturated rings. The van der Waals surface area contributed by atoms with Crippen LogP contribution in [0.25, 0.3) is 0 Å². The SMILES string of the molecule is C[C@@H](O[Si](C)(C)C(C)(C)C)[C@H]1C(=O)N(S(=O)(=O)c2ccccc2)[C@@H]1O[Si](C)(C)C. The molecule has 1 heterocycles. The molecule has 164 valence electrons. The van der Waals surface area contributed by atoms with Crippen molar-refractivity contribution in [2.24, 2.45) is 5.92 Å². The van der Waals surface area contributed by atoms with Crippen LogP contribution in [0.3, 0.4) is 0 Å². The van der Waals surface area contributed by atoms with Gasteiger partial charge in [0.15, 0.2) is 22.9 Å². The van der Waals surface area contributed by atoms with E-state index < -0.39 is 50.8 Å². The lowest BCUT2D eigenvalue weighted by molar-refractivity contribution is -0.171. The van der Waals surface area contributed by atoms with E-state index in [9.17, 15) is 13.2 Å². The van der Waals surface area contributed by atoms with E-state index in [2.05, 4.69) is 33.9 Å². The maximum absolute atomic E-state index is 13.1. The first-order valence-corrected chi connectivity index (χ1v) is 17.7. The first-order valence-electron chi connectivity index (χ1n) is 9.98. The standard InChI is InChI=1S/C20H35NO5SSi2/c1-15(25-29(8,9)20(2,3)4)17-18(22)21(19(17)26-28(5,6)7)27(23,24)16-13-11-10-12-14-16/h10-15,17,19H,1-9H3/t15-,17+,19-/m1/s1. The summed E-state index contributed by atoms with van der Waals surface area (Å²) in [5, 5.41) is -0.0149. The highest BCUT2D eigenvalue weighted by Crippen LogP contribution is 2.42. The molecule has 0 bridgehead atoms. The molecule has 6 nitrogen and oxygen atoms in total. The van der Waals surface area contributed by atoms with Crippen LogP contribution in [0.1, 0.15) is 27.7 Å². The van der Waals surface area contributed by atoms with Gasteiger partial charge in [0.2, 0.25) is 5.91 Å². The Bertz CT molecular complexity index is 844. The van der Waals surface area contributed by atoms with Gasteiger partial charge < -0.3 is 8.85 Å². The molecule has 0 saturated carbocycles. The highest BCUT2D eigenvalue weighted by atomic mass is 32.2. The summed E-state index contributed by atoms with van der Waals surface area (Å²) in [5.74, 6) is -1.09. The quantitative estimate of drug-likeness (QED) is 0.447. The van der Waals surface area contributed by atoms with Gasteiger partial charge in [-0.2, -0.15) is 0 Å². The third kappa shape index (κ3) is 5.01. The molecule has 0 aromatic heterocycles. The van der Waals surface area contributed by atoms with Crippen LogP contribution in [0, 0.1) is 5.92 Å². The Morgan fingerprint density at radius 2 is 1.55 bits per heavy atom. The van der Waals surface area contributed by atoms with E-state index in [0.717, 1.165) is 4.31 Å². The maximum atomic E-state index is 13.1. The van der Waals surface area contributed by atoms with Gasteiger partial charge in [0.1, 0.15) is 5.92 Å². The fourth-order valence-electron chi connectivity index (χ4n) is 3.05. The molecule has 1 saturated heterocycles. The van der Waals surface area contributed by atoms with Crippen molar-refractivity contribution in [1.29, 1.82) is 0 Å². The summed E-state index contributed by atoms with van der Waals surface area (Å²) in [6, 6.07) is 8.03. The lowest BCUT2D eigenvalue weighted by atomic mass is 9.94. The predicted octanol–water partition coefficient (Wildman–Crippen LogP) is 4.42. The number of β-lactam (4-membered cyclic amide) rings is 1. The fourth-order valence-corrected chi connectivity index (χ4v) is 7.07. The van der Waals surface area contributed by atoms with E-state index in [0.29, 0.717) is 0 Å². The smallest absolute Gasteiger partial charge is 0.268 e. The van der Waals surface area contributed by atoms with Crippen LogP contribution in [-0.4, -0.2) is 47.6 Å². The van der Waals surface area contributed by atoms with Gasteiger partial charge in [0.05, 0.1) is 11.0 Å². The normalized spacial score (nSPS) is 22.4. The second kappa shape index (κ2) is 7.92. The van der Waals surface area contributed by atoms with Gasteiger partial charge in [-0.3, -0.25) is 4.79 Å². The van der Waals surface area contributed by atoms with Crippen molar-refractivity contribution in [3.05, 3.63) is 30.3 Å². The number of amides is 1. The Balaban J connectivity index is 2.36. The van der Waals surface area contributed by atoms with Crippen LogP contribution >= 0.6 is 0 Å². The van der Waals surface area contributed by atoms with Gasteiger partial charge >= 0.3 is 0 Å². The largest absolute Gasteiger partial charge is 0.413 e. The number of hydrogen-bond acceptors (Lipinski definition) is 5. The van der Waals surface area contributed by atoms with Gasteiger partial charge in [-0.1, -0.05) is 39.0 Å². The molecule has 1 aromatic carbocycles. The summed E-state index contributed by atoms with van der Waals surface area (Å²) in [7, 11) is -8.23. The van der Waals surface area contributed by atoms with Crippen molar-refractivity contribution in [2.75, 3.05) is 0 Å². The number of nitrogens with zero attached hydrogens (tertiary/aromatic N) is 1. The molecule has 1 aliphatic rings. The third-order valence-electron chi connectivity index (χ3n) is 5.61. The first-order chi connectivity index (χ1) is 13.0. The zero-order valence-electron chi connectivity index (χ0n) is 19.0. The fraction of sp³-hybridized carbons (Fsp3) is 0.650. The topological polar surface area (TPSA) is 72.9 Å². The molecular formula is C20H35NO5SSi2. The molecule has 9 heteroatoms. The molecular weight excluding hydrogens is 422 g/mol. The minimum Gasteiger partial charge on any atom is -0.413 e. The molecule has 3 atom stereocenters. The number of carbonyl (C=O) groups excluding carboxylic acids is 1. The van der Waals surface area contributed by atoms with E-state index in [-0.39, 0.29) is 9.93 Å². The predicted molar refractivity (Wildman–Crippen MR) is 120 cm³/mol. The number of rotatable bonds is 7. The van der Waals surface area contributed by atoms with Gasteiger partial charge in [-0.25, -0.2) is 12.7 Å². The average molecular weight is 458 g/mol. The van der Waals surface area contributed by atoms with Gasteiger partial charge in [0.25, 0.3) is 10.0 Å². The molecule has 0 unspecified atom stereocenters. The van der Waals surface area contributed by atoms with Gasteiger partial charge in [-0.15, -0.1) is 0 Å². The molecule has 29 heavy (non-hydrogen) atoms. The number of carbonyl (C=O) groups is 1. The van der Waals surface area contributed by atoms with E-state index in [4.69, 9.17) is 8.85 Å². The van der Waals surface area contributed by atoms with Crippen molar-refractivity contribution in [3.8, 4) is 0 Å². The molecule has 2 rings (SSSR count). The molecule has 0 N–H and O–H groups in total. The van der Waals surface area contributed by atoms with E-state index in [1.807, 2.05) is 26.6 Å². The minimum absolute atomic E-state index is 0.0149. The van der Waals surface area contributed by atoms with Gasteiger partial charge in [-0.05, 0) is 56.8 Å². The summed E-state index contributed by atoms with van der Waals surface area (Å²) in [5.41, 5.74) is 0. The van der Waals surface area contributed by atoms with Crippen molar-refractivity contribution in [3.63, 3.8) is 0 Å². The van der Waals surface area contributed by atoms with Crippen molar-refractivity contribution in [1.82, 2.24) is 4.31 Å². The van der Waals surface area contributed by atoms with Crippen LogP contribution in [0.4, 0.5) is 0 Å². The molecule has 0 aliphatic carbocycles. The summed E-state index contributed by atoms with van der Waals surface area (Å²) < 4.78 is 39.8. The van der Waals surface area contributed by atoms with E-state index in [1.165, 1.54) is 12.1 Å². The number of sulfonamides is 1. The van der Waals surface area contributed by atoms with Crippen molar-refractivity contribution < 1.29 is 22.1 Å². The summed E-state index contributed by atoms with van der Waals surface area (Å²) >= 11 is 0. The van der Waals surface area contributed by atoms with Crippen LogP contribution < -0.4 is 0 Å². The highest BCUT2D eigenvalue weighted by molar-refractivity contribution is 7.89. The second-order valence-electron chi connectivity index (χ2n) is 10.2. The maximum Gasteiger partial charge on any atom is 0.268 e. The Labute approximate surface area is 177 Å². The summed E-state index contributed by atoms with van der Waals surface area (Å²) in [4.78, 5) is 13.2. The second-order valence-corrected chi connectivity index (χ2v) is 21.2. The third-order valence-corrected chi connectivity index (χ3v) is 12.9. The molecule has 1 amide bonds. The van der Waals surface area contributed by atoms with Crippen molar-refractivity contribution in [2.45, 2.75) is 82.7 Å². The Hall–Kier alpha value is -1.01. The lowest BCUT2D eigenvalue weighted by Crippen LogP contribution is -2.69.